The maximum Gasteiger partial charge on any atom is 0.146 e. The predicted octanol–water partition coefficient (Wildman–Crippen LogP) is 2.54. The van der Waals surface area contributed by atoms with Gasteiger partial charge in [0, 0.05) is 13.0 Å². The van der Waals surface area contributed by atoms with Gasteiger partial charge in [-0.15, -0.1) is 0 Å². The molecule has 0 aliphatic carbocycles. The molecule has 3 nitrogen and oxygen atoms in total. The first-order chi connectivity index (χ1) is 9.22. The van der Waals surface area contributed by atoms with Crippen molar-refractivity contribution < 1.29 is 9.53 Å². The van der Waals surface area contributed by atoms with Crippen LogP contribution >= 0.6 is 0 Å². The van der Waals surface area contributed by atoms with Gasteiger partial charge >= 0.3 is 0 Å². The van der Waals surface area contributed by atoms with Crippen molar-refractivity contribution in [3.63, 3.8) is 0 Å². The van der Waals surface area contributed by atoms with E-state index in [0.717, 1.165) is 18.7 Å². The number of carbonyl (C=O) groups is 1. The fraction of sp³-hybridized carbons (Fsp3) is 0.312. The van der Waals surface area contributed by atoms with Gasteiger partial charge in [0.1, 0.15) is 17.6 Å². The van der Waals surface area contributed by atoms with Crippen LogP contribution in [0.5, 0.6) is 5.75 Å². The molecule has 1 aliphatic rings. The van der Waals surface area contributed by atoms with Crippen molar-refractivity contribution in [2.75, 3.05) is 6.54 Å². The van der Waals surface area contributed by atoms with Crippen molar-refractivity contribution in [2.24, 2.45) is 0 Å². The monoisotopic (exact) mass is 255 g/mol. The van der Waals surface area contributed by atoms with Crippen molar-refractivity contribution in [1.29, 1.82) is 0 Å². The lowest BCUT2D eigenvalue weighted by Crippen LogP contribution is -2.28. The molecule has 0 aromatic heterocycles. The molecule has 1 fully saturated rings. The molecule has 1 heterocycles. The molecule has 2 atom stereocenters. The van der Waals surface area contributed by atoms with Crippen molar-refractivity contribution in [3.8, 4) is 5.75 Å². The number of Topliss-reactive ketones (excluding diaryl/α,β-unsaturated/α-hetero) is 1. The Morgan fingerprint density at radius 2 is 2.00 bits per heavy atom. The minimum absolute atomic E-state index is 0.0505. The van der Waals surface area contributed by atoms with Gasteiger partial charge in [0.25, 0.3) is 0 Å². The Balaban J connectivity index is 1.73. The second-order valence-corrected chi connectivity index (χ2v) is 5.06. The van der Waals surface area contributed by atoms with Gasteiger partial charge in [-0.1, -0.05) is 30.3 Å². The van der Waals surface area contributed by atoms with Crippen LogP contribution in [0.1, 0.15) is 13.3 Å². The molecule has 3 rings (SSSR count). The minimum atomic E-state index is -0.0505. The number of fused-ring (bicyclic) bond motifs is 1. The van der Waals surface area contributed by atoms with Crippen LogP contribution in [0.3, 0.4) is 0 Å². The first-order valence-electron chi connectivity index (χ1n) is 6.61. The summed E-state index contributed by atoms with van der Waals surface area (Å²) in [5.74, 6) is 1.05. The summed E-state index contributed by atoms with van der Waals surface area (Å²) >= 11 is 0. The Kier molecular flexibility index (Phi) is 3.22. The van der Waals surface area contributed by atoms with Crippen molar-refractivity contribution in [1.82, 2.24) is 5.32 Å². The Morgan fingerprint density at radius 3 is 2.74 bits per heavy atom. The molecule has 2 aromatic carbocycles. The van der Waals surface area contributed by atoms with Crippen LogP contribution in [0.15, 0.2) is 42.5 Å². The standard InChI is InChI=1S/C16H17NO2/c1-11(18)16-9-15(10-17-16)19-14-7-6-12-4-2-3-5-13(12)8-14/h2-8,15-17H,9-10H2,1H3/t15-,16-/m0/s1. The Morgan fingerprint density at radius 1 is 1.21 bits per heavy atom. The zero-order chi connectivity index (χ0) is 13.2. The molecule has 3 heteroatoms. The van der Waals surface area contributed by atoms with Crippen LogP contribution in [-0.2, 0) is 4.79 Å². The van der Waals surface area contributed by atoms with Crippen LogP contribution in [0.25, 0.3) is 10.8 Å². The fourth-order valence-corrected chi connectivity index (χ4v) is 2.54. The van der Waals surface area contributed by atoms with E-state index in [1.165, 1.54) is 10.8 Å². The van der Waals surface area contributed by atoms with E-state index < -0.39 is 0 Å². The molecule has 1 N–H and O–H groups in total. The van der Waals surface area contributed by atoms with E-state index in [4.69, 9.17) is 4.74 Å². The van der Waals surface area contributed by atoms with Crippen molar-refractivity contribution >= 4 is 16.6 Å². The number of rotatable bonds is 3. The van der Waals surface area contributed by atoms with E-state index >= 15 is 0 Å². The summed E-state index contributed by atoms with van der Waals surface area (Å²) in [6, 6.07) is 14.3. The molecule has 1 aliphatic heterocycles. The van der Waals surface area contributed by atoms with Gasteiger partial charge < -0.3 is 10.1 Å². The number of benzene rings is 2. The predicted molar refractivity (Wildman–Crippen MR) is 75.5 cm³/mol. The van der Waals surface area contributed by atoms with Gasteiger partial charge in [-0.25, -0.2) is 0 Å². The lowest BCUT2D eigenvalue weighted by molar-refractivity contribution is -0.118. The van der Waals surface area contributed by atoms with E-state index in [0.29, 0.717) is 0 Å². The fourth-order valence-electron chi connectivity index (χ4n) is 2.54. The highest BCUT2D eigenvalue weighted by atomic mass is 16.5. The molecule has 0 amide bonds. The molecule has 19 heavy (non-hydrogen) atoms. The van der Waals surface area contributed by atoms with E-state index in [1.807, 2.05) is 18.2 Å². The quantitative estimate of drug-likeness (QED) is 0.916. The van der Waals surface area contributed by atoms with Gasteiger partial charge in [-0.2, -0.15) is 0 Å². The normalized spacial score (nSPS) is 22.6. The number of hydrogen-bond acceptors (Lipinski definition) is 3. The molecule has 2 aromatic rings. The largest absolute Gasteiger partial charge is 0.489 e. The number of hydrogen-bond donors (Lipinski definition) is 1. The van der Waals surface area contributed by atoms with Gasteiger partial charge in [0.2, 0.25) is 0 Å². The van der Waals surface area contributed by atoms with Crippen LogP contribution < -0.4 is 10.1 Å². The van der Waals surface area contributed by atoms with Crippen molar-refractivity contribution in [2.45, 2.75) is 25.5 Å². The average molecular weight is 255 g/mol. The minimum Gasteiger partial charge on any atom is -0.489 e. The van der Waals surface area contributed by atoms with Gasteiger partial charge in [0.05, 0.1) is 6.04 Å². The van der Waals surface area contributed by atoms with E-state index in [2.05, 4.69) is 29.6 Å². The third-order valence-electron chi connectivity index (χ3n) is 3.60. The summed E-state index contributed by atoms with van der Waals surface area (Å²) < 4.78 is 5.95. The molecular formula is C16H17NO2. The lowest BCUT2D eigenvalue weighted by atomic mass is 10.1. The smallest absolute Gasteiger partial charge is 0.146 e. The SMILES string of the molecule is CC(=O)[C@@H]1C[C@H](Oc2ccc3ccccc3c2)CN1. The summed E-state index contributed by atoms with van der Waals surface area (Å²) in [5.41, 5.74) is 0. The lowest BCUT2D eigenvalue weighted by Gasteiger charge is -2.13. The summed E-state index contributed by atoms with van der Waals surface area (Å²) in [4.78, 5) is 11.3. The summed E-state index contributed by atoms with van der Waals surface area (Å²) in [6.07, 6.45) is 0.831. The highest BCUT2D eigenvalue weighted by molar-refractivity contribution is 5.83. The third-order valence-corrected chi connectivity index (χ3v) is 3.60. The van der Waals surface area contributed by atoms with Crippen molar-refractivity contribution in [3.05, 3.63) is 42.5 Å². The zero-order valence-corrected chi connectivity index (χ0v) is 10.9. The van der Waals surface area contributed by atoms with Gasteiger partial charge in [-0.3, -0.25) is 4.79 Å². The summed E-state index contributed by atoms with van der Waals surface area (Å²) in [7, 11) is 0. The zero-order valence-electron chi connectivity index (χ0n) is 10.9. The second-order valence-electron chi connectivity index (χ2n) is 5.06. The molecule has 0 bridgehead atoms. The summed E-state index contributed by atoms with van der Waals surface area (Å²) in [5, 5.41) is 5.57. The average Bonchev–Trinajstić information content (AvgIpc) is 2.87. The first kappa shape index (κ1) is 12.2. The molecule has 0 saturated carbocycles. The third kappa shape index (κ3) is 2.61. The molecule has 0 spiro atoms. The summed E-state index contributed by atoms with van der Waals surface area (Å²) in [6.45, 7) is 2.35. The number of nitrogens with one attached hydrogen (secondary N) is 1. The highest BCUT2D eigenvalue weighted by Crippen LogP contribution is 2.23. The van der Waals surface area contributed by atoms with E-state index in [-0.39, 0.29) is 17.9 Å². The molecule has 1 saturated heterocycles. The van der Waals surface area contributed by atoms with Crippen LogP contribution in [0.2, 0.25) is 0 Å². The van der Waals surface area contributed by atoms with Gasteiger partial charge in [0.15, 0.2) is 0 Å². The highest BCUT2D eigenvalue weighted by Gasteiger charge is 2.28. The maximum absolute atomic E-state index is 11.3. The van der Waals surface area contributed by atoms with E-state index in [1.54, 1.807) is 6.92 Å². The topological polar surface area (TPSA) is 38.3 Å². The Bertz CT molecular complexity index is 608. The number of carbonyl (C=O) groups excluding carboxylic acids is 1. The Labute approximate surface area is 112 Å². The van der Waals surface area contributed by atoms with Crippen LogP contribution in [-0.4, -0.2) is 24.5 Å². The van der Waals surface area contributed by atoms with Crippen LogP contribution in [0, 0.1) is 0 Å². The second kappa shape index (κ2) is 5.02. The molecular weight excluding hydrogens is 238 g/mol. The first-order valence-corrected chi connectivity index (χ1v) is 6.61. The van der Waals surface area contributed by atoms with Gasteiger partial charge in [-0.05, 0) is 29.8 Å². The maximum atomic E-state index is 11.3. The Hall–Kier alpha value is -1.87. The molecule has 0 radical (unpaired) electrons. The van der Waals surface area contributed by atoms with E-state index in [9.17, 15) is 4.79 Å². The van der Waals surface area contributed by atoms with Crippen LogP contribution in [0.4, 0.5) is 0 Å². The number of ether oxygens (including phenoxy) is 1. The molecule has 0 unspecified atom stereocenters. The number of ketones is 1. The molecule has 98 valence electrons.